The summed E-state index contributed by atoms with van der Waals surface area (Å²) in [4.78, 5) is 20.1. The Balaban J connectivity index is 1.50. The van der Waals surface area contributed by atoms with Crippen LogP contribution in [0.3, 0.4) is 0 Å². The highest BCUT2D eigenvalue weighted by molar-refractivity contribution is 5.87. The Hall–Kier alpha value is -3.81. The van der Waals surface area contributed by atoms with Crippen molar-refractivity contribution >= 4 is 17.0 Å². The maximum atomic E-state index is 14.2. The molecule has 2 aromatic carbocycles. The second kappa shape index (κ2) is 9.82. The zero-order chi connectivity index (χ0) is 24.4. The maximum absolute atomic E-state index is 14.2. The smallest absolute Gasteiger partial charge is 0.335 e. The van der Waals surface area contributed by atoms with E-state index in [1.165, 1.54) is 24.6 Å². The largest absolute Gasteiger partial charge is 0.478 e. The molecule has 6 nitrogen and oxygen atoms in total. The fourth-order valence-electron chi connectivity index (χ4n) is 4.71. The van der Waals surface area contributed by atoms with Crippen molar-refractivity contribution in [2.24, 2.45) is 5.92 Å². The summed E-state index contributed by atoms with van der Waals surface area (Å²) in [5, 5.41) is 9.09. The number of carboxylic acid groups (broad SMARTS) is 1. The summed E-state index contributed by atoms with van der Waals surface area (Å²) >= 11 is 0. The molecule has 1 N–H and O–H groups in total. The molecule has 2 heterocycles. The molecule has 1 saturated carbocycles. The highest BCUT2D eigenvalue weighted by atomic mass is 19.2. The second-order valence-electron chi connectivity index (χ2n) is 8.95. The van der Waals surface area contributed by atoms with Crippen LogP contribution in [0.2, 0.25) is 0 Å². The molecule has 1 aliphatic carbocycles. The lowest BCUT2D eigenvalue weighted by Crippen LogP contribution is -2.15. The molecule has 4 aromatic rings. The topological polar surface area (TPSA) is 77.2 Å². The molecule has 2 aromatic heterocycles. The van der Waals surface area contributed by atoms with E-state index in [2.05, 4.69) is 9.97 Å². The number of carbonyl (C=O) groups is 1. The van der Waals surface area contributed by atoms with Crippen molar-refractivity contribution in [2.75, 3.05) is 0 Å². The molecule has 1 fully saturated rings. The fraction of sp³-hybridized carbons (Fsp3) is 0.296. The molecule has 0 radical (unpaired) electrons. The van der Waals surface area contributed by atoms with Gasteiger partial charge in [0.2, 0.25) is 5.88 Å². The van der Waals surface area contributed by atoms with Gasteiger partial charge in [0.15, 0.2) is 11.6 Å². The average Bonchev–Trinajstić information content (AvgIpc) is 3.20. The quantitative estimate of drug-likeness (QED) is 0.341. The fourth-order valence-corrected chi connectivity index (χ4v) is 4.71. The molecule has 0 atom stereocenters. The monoisotopic (exact) mass is 477 g/mol. The molecular formula is C27H25F2N3O3. The van der Waals surface area contributed by atoms with Gasteiger partial charge in [0.25, 0.3) is 0 Å². The zero-order valence-corrected chi connectivity index (χ0v) is 19.1. The van der Waals surface area contributed by atoms with Crippen LogP contribution in [0.5, 0.6) is 5.88 Å². The Kier molecular flexibility index (Phi) is 6.44. The first-order valence-electron chi connectivity index (χ1n) is 11.8. The number of ether oxygens (including phenoxy) is 1. The Labute approximate surface area is 201 Å². The van der Waals surface area contributed by atoms with Gasteiger partial charge >= 0.3 is 5.97 Å². The van der Waals surface area contributed by atoms with Crippen LogP contribution in [-0.4, -0.2) is 25.6 Å². The van der Waals surface area contributed by atoms with Gasteiger partial charge in [-0.3, -0.25) is 0 Å². The first kappa shape index (κ1) is 23.0. The molecule has 180 valence electrons. The first-order valence-corrected chi connectivity index (χ1v) is 11.8. The maximum Gasteiger partial charge on any atom is 0.335 e. The van der Waals surface area contributed by atoms with E-state index in [0.717, 1.165) is 37.3 Å². The number of carboxylic acids is 1. The third kappa shape index (κ3) is 4.87. The van der Waals surface area contributed by atoms with Crippen molar-refractivity contribution in [1.29, 1.82) is 0 Å². The van der Waals surface area contributed by atoms with Crippen LogP contribution in [0.15, 0.2) is 54.7 Å². The molecule has 0 unspecified atom stereocenters. The summed E-state index contributed by atoms with van der Waals surface area (Å²) in [6, 6.07) is 12.4. The van der Waals surface area contributed by atoms with Gasteiger partial charge in [-0.15, -0.1) is 0 Å². The molecule has 1 aliphatic rings. The van der Waals surface area contributed by atoms with E-state index >= 15 is 0 Å². The van der Waals surface area contributed by atoms with Crippen LogP contribution in [-0.2, 0) is 13.2 Å². The van der Waals surface area contributed by atoms with E-state index in [0.29, 0.717) is 40.8 Å². The molecule has 5 rings (SSSR count). The van der Waals surface area contributed by atoms with Crippen molar-refractivity contribution in [2.45, 2.75) is 45.3 Å². The summed E-state index contributed by atoms with van der Waals surface area (Å²) in [5.74, 6) is -1.49. The number of imidazole rings is 1. The number of halogens is 2. The van der Waals surface area contributed by atoms with Crippen LogP contribution >= 0.6 is 0 Å². The van der Waals surface area contributed by atoms with Gasteiger partial charge in [0.1, 0.15) is 12.4 Å². The van der Waals surface area contributed by atoms with Gasteiger partial charge in [0, 0.05) is 24.9 Å². The van der Waals surface area contributed by atoms with Gasteiger partial charge in [-0.05, 0) is 48.6 Å². The van der Waals surface area contributed by atoms with E-state index < -0.39 is 17.6 Å². The lowest BCUT2D eigenvalue weighted by atomic mass is 9.89. The number of aromatic carboxylic acids is 1. The number of hydrogen-bond donors (Lipinski definition) is 1. The Morgan fingerprint density at radius 2 is 1.80 bits per heavy atom. The van der Waals surface area contributed by atoms with E-state index in [-0.39, 0.29) is 12.2 Å². The summed E-state index contributed by atoms with van der Waals surface area (Å²) in [6.45, 7) is 0.831. The number of fused-ring (bicyclic) bond motifs is 1. The number of pyridine rings is 1. The molecule has 35 heavy (non-hydrogen) atoms. The van der Waals surface area contributed by atoms with Crippen molar-refractivity contribution < 1.29 is 23.4 Å². The first-order chi connectivity index (χ1) is 17.0. The van der Waals surface area contributed by atoms with Gasteiger partial charge in [-0.25, -0.2) is 23.5 Å². The summed E-state index contributed by atoms with van der Waals surface area (Å²) in [5.41, 5.74) is 2.54. The van der Waals surface area contributed by atoms with Crippen molar-refractivity contribution in [3.63, 3.8) is 0 Å². The third-order valence-corrected chi connectivity index (χ3v) is 6.54. The summed E-state index contributed by atoms with van der Waals surface area (Å²) in [7, 11) is 0. The van der Waals surface area contributed by atoms with Gasteiger partial charge < -0.3 is 14.4 Å². The highest BCUT2D eigenvalue weighted by Crippen LogP contribution is 2.34. The molecule has 0 spiro atoms. The standard InChI is InChI=1S/C27H25F2N3O3/c28-21-13-23-24(14-22(21)29)32(15-17-5-2-1-3-6-17)25(31-23)20-7-4-12-30-26(20)35-16-18-8-10-19(11-9-18)27(33)34/h4,7-14,17H,1-3,5-6,15-16H2,(H,33,34). The Bertz CT molecular complexity index is 1360. The minimum Gasteiger partial charge on any atom is -0.478 e. The Morgan fingerprint density at radius 3 is 2.54 bits per heavy atom. The summed E-state index contributed by atoms with van der Waals surface area (Å²) in [6.07, 6.45) is 7.34. The lowest BCUT2D eigenvalue weighted by molar-refractivity contribution is 0.0697. The van der Waals surface area contributed by atoms with Gasteiger partial charge in [-0.2, -0.15) is 0 Å². The summed E-state index contributed by atoms with van der Waals surface area (Å²) < 4.78 is 36.2. The minimum absolute atomic E-state index is 0.177. The second-order valence-corrected chi connectivity index (χ2v) is 8.95. The van der Waals surface area contributed by atoms with E-state index in [1.54, 1.807) is 24.4 Å². The molecular weight excluding hydrogens is 452 g/mol. The van der Waals surface area contributed by atoms with Gasteiger partial charge in [-0.1, -0.05) is 31.4 Å². The van der Waals surface area contributed by atoms with Crippen LogP contribution in [0.1, 0.15) is 48.0 Å². The van der Waals surface area contributed by atoms with E-state index in [4.69, 9.17) is 9.84 Å². The Morgan fingerprint density at radius 1 is 1.06 bits per heavy atom. The highest BCUT2D eigenvalue weighted by Gasteiger charge is 2.22. The average molecular weight is 478 g/mol. The van der Waals surface area contributed by atoms with E-state index in [9.17, 15) is 13.6 Å². The van der Waals surface area contributed by atoms with Crippen LogP contribution in [0.25, 0.3) is 22.4 Å². The minimum atomic E-state index is -0.991. The predicted octanol–water partition coefficient (Wildman–Crippen LogP) is 6.23. The molecule has 0 amide bonds. The van der Waals surface area contributed by atoms with Crippen molar-refractivity contribution in [1.82, 2.24) is 14.5 Å². The zero-order valence-electron chi connectivity index (χ0n) is 19.1. The van der Waals surface area contributed by atoms with Crippen LogP contribution in [0.4, 0.5) is 8.78 Å². The normalized spacial score (nSPS) is 14.3. The van der Waals surface area contributed by atoms with Crippen molar-refractivity contribution in [3.8, 4) is 17.3 Å². The molecule has 0 saturated heterocycles. The molecule has 8 heteroatoms. The number of benzene rings is 2. The van der Waals surface area contributed by atoms with Gasteiger partial charge in [0.05, 0.1) is 22.2 Å². The van der Waals surface area contributed by atoms with Crippen LogP contribution < -0.4 is 4.74 Å². The van der Waals surface area contributed by atoms with E-state index in [1.807, 2.05) is 10.6 Å². The number of nitrogens with zero attached hydrogens (tertiary/aromatic N) is 3. The SMILES string of the molecule is O=C(O)c1ccc(COc2ncccc2-c2nc3cc(F)c(F)cc3n2CC2CCCCC2)cc1. The number of rotatable bonds is 7. The predicted molar refractivity (Wildman–Crippen MR) is 127 cm³/mol. The molecule has 0 bridgehead atoms. The lowest BCUT2D eigenvalue weighted by Gasteiger charge is -2.23. The number of aromatic nitrogens is 3. The number of hydrogen-bond acceptors (Lipinski definition) is 4. The van der Waals surface area contributed by atoms with Crippen LogP contribution in [0, 0.1) is 17.6 Å². The third-order valence-electron chi connectivity index (χ3n) is 6.54. The van der Waals surface area contributed by atoms with Crippen molar-refractivity contribution in [3.05, 3.63) is 77.5 Å². The molecule has 0 aliphatic heterocycles.